The second kappa shape index (κ2) is 6.43. The van der Waals surface area contributed by atoms with Crippen LogP contribution in [0.1, 0.15) is 24.8 Å². The summed E-state index contributed by atoms with van der Waals surface area (Å²) in [6, 6.07) is 10.3. The zero-order valence-electron chi connectivity index (χ0n) is 13.7. The number of hydrogen-bond donors (Lipinski definition) is 1. The number of nitrogens with zero attached hydrogens (tertiary/aromatic N) is 2. The lowest BCUT2D eigenvalue weighted by atomic mass is 10.1. The summed E-state index contributed by atoms with van der Waals surface area (Å²) in [7, 11) is -3.34. The number of sulfonamides is 1. The number of likely N-dealkylation sites (tertiary alicyclic amines) is 1. The van der Waals surface area contributed by atoms with E-state index in [9.17, 15) is 8.42 Å². The molecule has 4 rings (SSSR count). The van der Waals surface area contributed by atoms with Gasteiger partial charge in [-0.3, -0.25) is 4.98 Å². The molecule has 1 aromatic heterocycles. The molecule has 0 spiro atoms. The van der Waals surface area contributed by atoms with Gasteiger partial charge in [0, 0.05) is 30.7 Å². The van der Waals surface area contributed by atoms with Gasteiger partial charge in [0.1, 0.15) is 0 Å². The smallest absolute Gasteiger partial charge is 0.215 e. The van der Waals surface area contributed by atoms with Crippen molar-refractivity contribution in [2.24, 2.45) is 5.92 Å². The predicted octanol–water partition coefficient (Wildman–Crippen LogP) is 2.14. The Bertz CT molecular complexity index is 828. The Morgan fingerprint density at radius 2 is 2.00 bits per heavy atom. The standard InChI is InChI=1S/C18H23N3O2S/c22-24(23,20-11-14-8-10-21(12-14)17-6-7-17)13-16-4-1-3-15-5-2-9-19-18(15)16/h1-5,9,14,17,20H,6-8,10-13H2/t14-/m0/s1. The summed E-state index contributed by atoms with van der Waals surface area (Å²) in [5, 5.41) is 0.973. The first-order valence-electron chi connectivity index (χ1n) is 8.65. The highest BCUT2D eigenvalue weighted by atomic mass is 32.2. The maximum Gasteiger partial charge on any atom is 0.215 e. The molecule has 1 aliphatic heterocycles. The van der Waals surface area contributed by atoms with Gasteiger partial charge in [0.25, 0.3) is 0 Å². The molecule has 24 heavy (non-hydrogen) atoms. The van der Waals surface area contributed by atoms with E-state index in [-0.39, 0.29) is 5.75 Å². The molecule has 1 N–H and O–H groups in total. The normalized spacial score (nSPS) is 22.2. The Morgan fingerprint density at radius 1 is 1.17 bits per heavy atom. The third-order valence-corrected chi connectivity index (χ3v) is 6.33. The van der Waals surface area contributed by atoms with Crippen molar-refractivity contribution >= 4 is 20.9 Å². The first-order chi connectivity index (χ1) is 11.6. The maximum absolute atomic E-state index is 12.5. The molecule has 0 radical (unpaired) electrons. The SMILES string of the molecule is O=S(=O)(Cc1cccc2cccnc12)NC[C@@H]1CCN(C2CC2)C1. The summed E-state index contributed by atoms with van der Waals surface area (Å²) in [6.45, 7) is 2.69. The van der Waals surface area contributed by atoms with Crippen LogP contribution in [0.15, 0.2) is 36.5 Å². The molecular formula is C18H23N3O2S. The van der Waals surface area contributed by atoms with Crippen molar-refractivity contribution < 1.29 is 8.42 Å². The Hall–Kier alpha value is -1.50. The molecule has 2 aliphatic rings. The largest absolute Gasteiger partial charge is 0.300 e. The lowest BCUT2D eigenvalue weighted by Gasteiger charge is -2.15. The van der Waals surface area contributed by atoms with Crippen LogP contribution >= 0.6 is 0 Å². The van der Waals surface area contributed by atoms with Crippen LogP contribution in [0.2, 0.25) is 0 Å². The zero-order valence-corrected chi connectivity index (χ0v) is 14.5. The fourth-order valence-electron chi connectivity index (χ4n) is 3.59. The molecule has 0 unspecified atom stereocenters. The first kappa shape index (κ1) is 16.0. The van der Waals surface area contributed by atoms with Crippen molar-refractivity contribution in [3.05, 3.63) is 42.1 Å². The lowest BCUT2D eigenvalue weighted by molar-refractivity contribution is 0.314. The number of fused-ring (bicyclic) bond motifs is 1. The maximum atomic E-state index is 12.5. The number of benzene rings is 1. The Morgan fingerprint density at radius 3 is 2.83 bits per heavy atom. The van der Waals surface area contributed by atoms with Crippen LogP contribution in [0.25, 0.3) is 10.9 Å². The van der Waals surface area contributed by atoms with Gasteiger partial charge in [-0.15, -0.1) is 0 Å². The number of para-hydroxylation sites is 1. The minimum absolute atomic E-state index is 0.0135. The van der Waals surface area contributed by atoms with Gasteiger partial charge in [-0.05, 0) is 43.4 Å². The van der Waals surface area contributed by atoms with Crippen molar-refractivity contribution in [3.8, 4) is 0 Å². The molecule has 6 heteroatoms. The fraction of sp³-hybridized carbons (Fsp3) is 0.500. The molecule has 0 bridgehead atoms. The third-order valence-electron chi connectivity index (χ3n) is 5.03. The van der Waals surface area contributed by atoms with Crippen LogP contribution < -0.4 is 4.72 Å². The highest BCUT2D eigenvalue weighted by Crippen LogP contribution is 2.31. The number of aromatic nitrogens is 1. The second-order valence-electron chi connectivity index (χ2n) is 6.98. The molecule has 1 saturated heterocycles. The van der Waals surface area contributed by atoms with E-state index < -0.39 is 10.0 Å². The average Bonchev–Trinajstić information content (AvgIpc) is 3.32. The monoisotopic (exact) mass is 345 g/mol. The van der Waals surface area contributed by atoms with E-state index in [1.807, 2.05) is 30.3 Å². The van der Waals surface area contributed by atoms with Crippen molar-refractivity contribution in [2.45, 2.75) is 31.1 Å². The zero-order chi connectivity index (χ0) is 16.6. The van der Waals surface area contributed by atoms with Gasteiger partial charge in [-0.1, -0.05) is 24.3 Å². The number of rotatable bonds is 6. The summed E-state index contributed by atoms with van der Waals surface area (Å²) in [4.78, 5) is 6.85. The van der Waals surface area contributed by atoms with Gasteiger partial charge >= 0.3 is 0 Å². The van der Waals surface area contributed by atoms with Crippen molar-refractivity contribution in [2.75, 3.05) is 19.6 Å². The minimum Gasteiger partial charge on any atom is -0.300 e. The van der Waals surface area contributed by atoms with Gasteiger partial charge in [0.05, 0.1) is 11.3 Å². The molecule has 1 aromatic carbocycles. The molecule has 2 heterocycles. The van der Waals surface area contributed by atoms with Crippen LogP contribution in [0.4, 0.5) is 0 Å². The Labute approximate surface area is 143 Å². The third kappa shape index (κ3) is 3.61. The molecular weight excluding hydrogens is 322 g/mol. The number of pyridine rings is 1. The summed E-state index contributed by atoms with van der Waals surface area (Å²) >= 11 is 0. The Kier molecular flexibility index (Phi) is 4.28. The molecule has 128 valence electrons. The lowest BCUT2D eigenvalue weighted by Crippen LogP contribution is -2.32. The highest BCUT2D eigenvalue weighted by Gasteiger charge is 2.34. The van der Waals surface area contributed by atoms with Crippen LogP contribution in [-0.4, -0.2) is 44.0 Å². The summed E-state index contributed by atoms with van der Waals surface area (Å²) in [5.41, 5.74) is 1.53. The second-order valence-corrected chi connectivity index (χ2v) is 8.79. The van der Waals surface area contributed by atoms with E-state index in [4.69, 9.17) is 0 Å². The van der Waals surface area contributed by atoms with Crippen LogP contribution in [0.5, 0.6) is 0 Å². The van der Waals surface area contributed by atoms with E-state index in [0.29, 0.717) is 12.5 Å². The summed E-state index contributed by atoms with van der Waals surface area (Å²) < 4.78 is 27.8. The van der Waals surface area contributed by atoms with Gasteiger partial charge in [0.2, 0.25) is 10.0 Å². The minimum atomic E-state index is -3.34. The molecule has 2 aromatic rings. The van der Waals surface area contributed by atoms with Crippen molar-refractivity contribution in [1.29, 1.82) is 0 Å². The molecule has 2 fully saturated rings. The fourth-order valence-corrected chi connectivity index (χ4v) is 4.82. The molecule has 0 amide bonds. The van der Waals surface area contributed by atoms with Crippen molar-refractivity contribution in [1.82, 2.24) is 14.6 Å². The molecule has 1 aliphatic carbocycles. The topological polar surface area (TPSA) is 62.3 Å². The average molecular weight is 345 g/mol. The predicted molar refractivity (Wildman–Crippen MR) is 95.1 cm³/mol. The summed E-state index contributed by atoms with van der Waals surface area (Å²) in [5.74, 6) is 0.423. The van der Waals surface area contributed by atoms with Crippen LogP contribution in [0, 0.1) is 5.92 Å². The Balaban J connectivity index is 1.39. The molecule has 1 saturated carbocycles. The molecule has 5 nitrogen and oxygen atoms in total. The van der Waals surface area contributed by atoms with Crippen molar-refractivity contribution in [3.63, 3.8) is 0 Å². The van der Waals surface area contributed by atoms with E-state index in [1.165, 1.54) is 12.8 Å². The van der Waals surface area contributed by atoms with Gasteiger partial charge in [-0.25, -0.2) is 13.1 Å². The van der Waals surface area contributed by atoms with E-state index in [0.717, 1.165) is 42.0 Å². The van der Waals surface area contributed by atoms with Gasteiger partial charge in [-0.2, -0.15) is 0 Å². The molecule has 1 atom stereocenters. The number of nitrogens with one attached hydrogen (secondary N) is 1. The van der Waals surface area contributed by atoms with Gasteiger partial charge in [0.15, 0.2) is 0 Å². The van der Waals surface area contributed by atoms with Crippen LogP contribution in [-0.2, 0) is 15.8 Å². The number of hydrogen-bond acceptors (Lipinski definition) is 4. The quantitative estimate of drug-likeness (QED) is 0.871. The van der Waals surface area contributed by atoms with E-state index >= 15 is 0 Å². The van der Waals surface area contributed by atoms with E-state index in [1.54, 1.807) is 6.20 Å². The van der Waals surface area contributed by atoms with Crippen LogP contribution in [0.3, 0.4) is 0 Å². The van der Waals surface area contributed by atoms with Gasteiger partial charge < -0.3 is 4.90 Å². The summed E-state index contributed by atoms with van der Waals surface area (Å²) in [6.07, 6.45) is 5.42. The van der Waals surface area contributed by atoms with E-state index in [2.05, 4.69) is 14.6 Å². The first-order valence-corrected chi connectivity index (χ1v) is 10.3. The highest BCUT2D eigenvalue weighted by molar-refractivity contribution is 7.88.